The monoisotopic (exact) mass is 284 g/mol. The molecular formula is C17H20N2O2. The lowest BCUT2D eigenvalue weighted by Gasteiger charge is -2.17. The highest BCUT2D eigenvalue weighted by Crippen LogP contribution is 2.18. The molecule has 0 bridgehead atoms. The highest BCUT2D eigenvalue weighted by atomic mass is 16.5. The van der Waals surface area contributed by atoms with E-state index in [9.17, 15) is 4.79 Å². The highest BCUT2D eigenvalue weighted by molar-refractivity contribution is 5.79. The average Bonchev–Trinajstić information content (AvgIpc) is 2.54. The summed E-state index contributed by atoms with van der Waals surface area (Å²) in [4.78, 5) is 18.3. The molecule has 4 heteroatoms. The van der Waals surface area contributed by atoms with Crippen LogP contribution in [0.25, 0.3) is 0 Å². The Morgan fingerprint density at radius 1 is 1.19 bits per heavy atom. The molecule has 4 nitrogen and oxygen atoms in total. The van der Waals surface area contributed by atoms with Gasteiger partial charge in [-0.25, -0.2) is 0 Å². The largest absolute Gasteiger partial charge is 0.496 e. The molecule has 0 atom stereocenters. The lowest BCUT2D eigenvalue weighted by atomic mass is 10.1. The number of nitrogens with zero attached hydrogens (tertiary/aromatic N) is 2. The maximum Gasteiger partial charge on any atom is 0.226 e. The fourth-order valence-electron chi connectivity index (χ4n) is 2.10. The number of para-hydroxylation sites is 1. The molecule has 110 valence electrons. The van der Waals surface area contributed by atoms with Crippen molar-refractivity contribution in [1.82, 2.24) is 9.88 Å². The van der Waals surface area contributed by atoms with Gasteiger partial charge in [0.1, 0.15) is 5.75 Å². The third-order valence-corrected chi connectivity index (χ3v) is 3.39. The maximum absolute atomic E-state index is 12.3. The fraction of sp³-hybridized carbons (Fsp3) is 0.294. The SMILES string of the molecule is COc1ccccc1CC(=O)N(C)CCc1ccccn1. The van der Waals surface area contributed by atoms with Crippen LogP contribution in [0.3, 0.4) is 0 Å². The van der Waals surface area contributed by atoms with Gasteiger partial charge >= 0.3 is 0 Å². The third-order valence-electron chi connectivity index (χ3n) is 3.39. The first-order chi connectivity index (χ1) is 10.2. The quantitative estimate of drug-likeness (QED) is 0.817. The van der Waals surface area contributed by atoms with Gasteiger partial charge in [-0.05, 0) is 18.2 Å². The zero-order valence-corrected chi connectivity index (χ0v) is 12.5. The van der Waals surface area contributed by atoms with E-state index in [4.69, 9.17) is 4.74 Å². The number of ether oxygens (including phenoxy) is 1. The summed E-state index contributed by atoms with van der Waals surface area (Å²) in [6, 6.07) is 13.4. The Balaban J connectivity index is 1.90. The van der Waals surface area contributed by atoms with Gasteiger partial charge in [0.2, 0.25) is 5.91 Å². The zero-order chi connectivity index (χ0) is 15.1. The van der Waals surface area contributed by atoms with Crippen LogP contribution >= 0.6 is 0 Å². The molecule has 0 N–H and O–H groups in total. The third kappa shape index (κ3) is 4.31. The van der Waals surface area contributed by atoms with Crippen LogP contribution in [0.5, 0.6) is 5.75 Å². The first kappa shape index (κ1) is 15.0. The predicted molar refractivity (Wildman–Crippen MR) is 82.3 cm³/mol. The van der Waals surface area contributed by atoms with Crippen molar-refractivity contribution in [1.29, 1.82) is 0 Å². The number of rotatable bonds is 6. The normalized spacial score (nSPS) is 10.2. The number of carbonyl (C=O) groups is 1. The maximum atomic E-state index is 12.3. The molecule has 0 fully saturated rings. The standard InChI is InChI=1S/C17H20N2O2/c1-19(12-10-15-8-5-6-11-18-15)17(20)13-14-7-3-4-9-16(14)21-2/h3-9,11H,10,12-13H2,1-2H3. The number of carbonyl (C=O) groups excluding carboxylic acids is 1. The summed E-state index contributed by atoms with van der Waals surface area (Å²) >= 11 is 0. The topological polar surface area (TPSA) is 42.4 Å². The van der Waals surface area contributed by atoms with Crippen molar-refractivity contribution >= 4 is 5.91 Å². The van der Waals surface area contributed by atoms with Gasteiger partial charge in [0, 0.05) is 37.5 Å². The van der Waals surface area contributed by atoms with Gasteiger partial charge in [-0.2, -0.15) is 0 Å². The summed E-state index contributed by atoms with van der Waals surface area (Å²) in [5.74, 6) is 0.833. The van der Waals surface area contributed by atoms with Crippen molar-refractivity contribution in [3.05, 3.63) is 59.9 Å². The molecule has 2 aromatic rings. The minimum atomic E-state index is 0.0791. The summed E-state index contributed by atoms with van der Waals surface area (Å²) in [6.07, 6.45) is 2.88. The van der Waals surface area contributed by atoms with Crippen molar-refractivity contribution < 1.29 is 9.53 Å². The van der Waals surface area contributed by atoms with Crippen molar-refractivity contribution in [2.24, 2.45) is 0 Å². The fourth-order valence-corrected chi connectivity index (χ4v) is 2.10. The van der Waals surface area contributed by atoms with E-state index in [1.807, 2.05) is 49.5 Å². The Hall–Kier alpha value is -2.36. The summed E-state index contributed by atoms with van der Waals surface area (Å²) in [5.41, 5.74) is 1.91. The summed E-state index contributed by atoms with van der Waals surface area (Å²) in [5, 5.41) is 0. The van der Waals surface area contributed by atoms with Crippen LogP contribution in [-0.2, 0) is 17.6 Å². The molecular weight excluding hydrogens is 264 g/mol. The molecule has 1 amide bonds. The van der Waals surface area contributed by atoms with Crippen LogP contribution < -0.4 is 4.74 Å². The van der Waals surface area contributed by atoms with E-state index in [1.54, 1.807) is 18.2 Å². The second-order valence-electron chi connectivity index (χ2n) is 4.87. The van der Waals surface area contributed by atoms with Crippen LogP contribution in [0, 0.1) is 0 Å². The Morgan fingerprint density at radius 3 is 2.67 bits per heavy atom. The molecule has 1 aromatic carbocycles. The predicted octanol–water partition coefficient (Wildman–Crippen LogP) is 2.33. The smallest absolute Gasteiger partial charge is 0.226 e. The molecule has 2 rings (SSSR count). The lowest BCUT2D eigenvalue weighted by Crippen LogP contribution is -2.30. The van der Waals surface area contributed by atoms with Crippen molar-refractivity contribution in [2.45, 2.75) is 12.8 Å². The average molecular weight is 284 g/mol. The number of hydrogen-bond donors (Lipinski definition) is 0. The molecule has 0 aliphatic carbocycles. The molecule has 1 aromatic heterocycles. The van der Waals surface area contributed by atoms with E-state index in [0.29, 0.717) is 13.0 Å². The molecule has 0 spiro atoms. The number of methoxy groups -OCH3 is 1. The molecule has 0 unspecified atom stereocenters. The number of amides is 1. The van der Waals surface area contributed by atoms with Gasteiger partial charge in [-0.1, -0.05) is 24.3 Å². The van der Waals surface area contributed by atoms with Gasteiger partial charge in [-0.3, -0.25) is 9.78 Å². The Morgan fingerprint density at radius 2 is 1.95 bits per heavy atom. The molecule has 21 heavy (non-hydrogen) atoms. The van der Waals surface area contributed by atoms with Crippen LogP contribution in [0.2, 0.25) is 0 Å². The number of benzene rings is 1. The van der Waals surface area contributed by atoms with Crippen LogP contribution in [0.15, 0.2) is 48.7 Å². The van der Waals surface area contributed by atoms with Gasteiger partial charge in [0.05, 0.1) is 13.5 Å². The van der Waals surface area contributed by atoms with E-state index in [-0.39, 0.29) is 5.91 Å². The Labute approximate surface area is 125 Å². The lowest BCUT2D eigenvalue weighted by molar-refractivity contribution is -0.129. The Kier molecular flexibility index (Phi) is 5.32. The first-order valence-electron chi connectivity index (χ1n) is 6.96. The van der Waals surface area contributed by atoms with Gasteiger partial charge in [0.25, 0.3) is 0 Å². The Bertz CT molecular complexity index is 584. The number of aromatic nitrogens is 1. The molecule has 0 radical (unpaired) electrons. The zero-order valence-electron chi connectivity index (χ0n) is 12.5. The molecule has 0 aliphatic rings. The van der Waals surface area contributed by atoms with Gasteiger partial charge < -0.3 is 9.64 Å². The van der Waals surface area contributed by atoms with Crippen LogP contribution in [-0.4, -0.2) is 36.5 Å². The number of likely N-dealkylation sites (N-methyl/N-ethyl adjacent to an activating group) is 1. The molecule has 0 aliphatic heterocycles. The van der Waals surface area contributed by atoms with E-state index in [1.165, 1.54) is 0 Å². The first-order valence-corrected chi connectivity index (χ1v) is 6.96. The van der Waals surface area contributed by atoms with Gasteiger partial charge in [0.15, 0.2) is 0 Å². The van der Waals surface area contributed by atoms with Crippen molar-refractivity contribution in [3.8, 4) is 5.75 Å². The number of hydrogen-bond acceptors (Lipinski definition) is 3. The van der Waals surface area contributed by atoms with E-state index < -0.39 is 0 Å². The molecule has 0 saturated heterocycles. The van der Waals surface area contributed by atoms with E-state index >= 15 is 0 Å². The highest BCUT2D eigenvalue weighted by Gasteiger charge is 2.12. The van der Waals surface area contributed by atoms with Crippen LogP contribution in [0.1, 0.15) is 11.3 Å². The van der Waals surface area contributed by atoms with E-state index in [0.717, 1.165) is 23.4 Å². The minimum absolute atomic E-state index is 0.0791. The molecule has 0 saturated carbocycles. The minimum Gasteiger partial charge on any atom is -0.496 e. The van der Waals surface area contributed by atoms with Crippen LogP contribution in [0.4, 0.5) is 0 Å². The van der Waals surface area contributed by atoms with E-state index in [2.05, 4.69) is 4.98 Å². The summed E-state index contributed by atoms with van der Waals surface area (Å²) < 4.78 is 5.27. The molecule has 1 heterocycles. The number of pyridine rings is 1. The second-order valence-corrected chi connectivity index (χ2v) is 4.87. The van der Waals surface area contributed by atoms with Crippen molar-refractivity contribution in [2.75, 3.05) is 20.7 Å². The van der Waals surface area contributed by atoms with Gasteiger partial charge in [-0.15, -0.1) is 0 Å². The summed E-state index contributed by atoms with van der Waals surface area (Å²) in [6.45, 7) is 0.658. The second kappa shape index (κ2) is 7.43. The van der Waals surface area contributed by atoms with Crippen molar-refractivity contribution in [3.63, 3.8) is 0 Å². The summed E-state index contributed by atoms with van der Waals surface area (Å²) in [7, 11) is 3.44.